The summed E-state index contributed by atoms with van der Waals surface area (Å²) in [5.41, 5.74) is 0. The average Bonchev–Trinajstić information content (AvgIpc) is 2.32. The summed E-state index contributed by atoms with van der Waals surface area (Å²) in [6, 6.07) is 0. The Morgan fingerprint density at radius 2 is 1.95 bits per heavy atom. The van der Waals surface area contributed by atoms with Crippen molar-refractivity contribution < 1.29 is 23.1 Å². The fourth-order valence-electron chi connectivity index (χ4n) is 2.14. The summed E-state index contributed by atoms with van der Waals surface area (Å²) < 4.78 is 33.8. The predicted octanol–water partition coefficient (Wildman–Crippen LogP) is 0.431. The average molecular weight is 308 g/mol. The molecule has 118 valence electrons. The first kappa shape index (κ1) is 17.4. The summed E-state index contributed by atoms with van der Waals surface area (Å²) in [4.78, 5) is 10.5. The number of carboxylic acids is 1. The molecule has 20 heavy (non-hydrogen) atoms. The topological polar surface area (TPSA) is 95.9 Å². The van der Waals surface area contributed by atoms with Gasteiger partial charge in [-0.2, -0.15) is 12.7 Å². The quantitative estimate of drug-likeness (QED) is 0.711. The van der Waals surface area contributed by atoms with Crippen LogP contribution in [0.3, 0.4) is 0 Å². The molecule has 8 heteroatoms. The van der Waals surface area contributed by atoms with Crippen LogP contribution in [0.15, 0.2) is 0 Å². The van der Waals surface area contributed by atoms with Gasteiger partial charge in [-0.05, 0) is 26.2 Å². The predicted molar refractivity (Wildman–Crippen MR) is 74.5 cm³/mol. The van der Waals surface area contributed by atoms with Crippen LogP contribution in [0.5, 0.6) is 0 Å². The van der Waals surface area contributed by atoms with Crippen LogP contribution in [0, 0.1) is 5.92 Å². The lowest BCUT2D eigenvalue weighted by Crippen LogP contribution is -2.52. The van der Waals surface area contributed by atoms with Gasteiger partial charge < -0.3 is 9.84 Å². The number of nitrogens with zero attached hydrogens (tertiary/aromatic N) is 1. The number of carbonyl (C=O) groups is 1. The highest BCUT2D eigenvalue weighted by atomic mass is 32.2. The van der Waals surface area contributed by atoms with E-state index in [0.29, 0.717) is 19.5 Å². The monoisotopic (exact) mass is 308 g/mol. The van der Waals surface area contributed by atoms with Crippen LogP contribution in [-0.4, -0.2) is 55.6 Å². The van der Waals surface area contributed by atoms with Crippen molar-refractivity contribution in [2.24, 2.45) is 5.92 Å². The molecule has 0 aromatic carbocycles. The molecule has 1 rings (SSSR count). The SMILES string of the molecule is CC(CCC(=O)O)CNS(=O)(=O)N1CC(C)OC(C)C1. The Bertz CT molecular complexity index is 416. The number of hydrogen-bond acceptors (Lipinski definition) is 4. The first-order valence-corrected chi connectivity index (χ1v) is 8.26. The number of nitrogens with one attached hydrogen (secondary N) is 1. The zero-order valence-corrected chi connectivity index (χ0v) is 13.0. The molecular weight excluding hydrogens is 284 g/mol. The molecule has 0 amide bonds. The van der Waals surface area contributed by atoms with Gasteiger partial charge in [0.15, 0.2) is 0 Å². The molecule has 2 N–H and O–H groups in total. The summed E-state index contributed by atoms with van der Waals surface area (Å²) >= 11 is 0. The van der Waals surface area contributed by atoms with Gasteiger partial charge in [-0.1, -0.05) is 6.92 Å². The minimum Gasteiger partial charge on any atom is -0.481 e. The summed E-state index contributed by atoms with van der Waals surface area (Å²) in [5, 5.41) is 8.59. The third-order valence-corrected chi connectivity index (χ3v) is 4.70. The lowest BCUT2D eigenvalue weighted by molar-refractivity contribution is -0.137. The zero-order valence-electron chi connectivity index (χ0n) is 12.2. The highest BCUT2D eigenvalue weighted by molar-refractivity contribution is 7.87. The van der Waals surface area contributed by atoms with Crippen molar-refractivity contribution in [1.29, 1.82) is 0 Å². The first-order valence-electron chi connectivity index (χ1n) is 6.82. The van der Waals surface area contributed by atoms with E-state index in [9.17, 15) is 13.2 Å². The van der Waals surface area contributed by atoms with E-state index < -0.39 is 16.2 Å². The smallest absolute Gasteiger partial charge is 0.303 e. The highest BCUT2D eigenvalue weighted by Gasteiger charge is 2.30. The minimum absolute atomic E-state index is 0.0169. The number of carboxylic acid groups (broad SMARTS) is 1. The second kappa shape index (κ2) is 7.35. The van der Waals surface area contributed by atoms with E-state index in [1.165, 1.54) is 4.31 Å². The molecule has 0 radical (unpaired) electrons. The van der Waals surface area contributed by atoms with Crippen LogP contribution in [0.1, 0.15) is 33.6 Å². The number of ether oxygens (including phenoxy) is 1. The molecule has 0 spiro atoms. The van der Waals surface area contributed by atoms with Gasteiger partial charge in [-0.3, -0.25) is 4.79 Å². The van der Waals surface area contributed by atoms with E-state index in [-0.39, 0.29) is 31.1 Å². The fourth-order valence-corrected chi connectivity index (χ4v) is 3.63. The van der Waals surface area contributed by atoms with Gasteiger partial charge in [0.1, 0.15) is 0 Å². The van der Waals surface area contributed by atoms with Gasteiger partial charge in [-0.25, -0.2) is 4.72 Å². The highest BCUT2D eigenvalue weighted by Crippen LogP contribution is 2.14. The molecule has 1 aliphatic rings. The molecule has 7 nitrogen and oxygen atoms in total. The van der Waals surface area contributed by atoms with Crippen molar-refractivity contribution in [2.75, 3.05) is 19.6 Å². The number of morpholine rings is 1. The van der Waals surface area contributed by atoms with Crippen LogP contribution in [0.4, 0.5) is 0 Å². The number of rotatable bonds is 7. The Kier molecular flexibility index (Phi) is 6.38. The van der Waals surface area contributed by atoms with E-state index in [0.717, 1.165) is 0 Å². The van der Waals surface area contributed by atoms with Crippen molar-refractivity contribution >= 4 is 16.2 Å². The molecule has 1 heterocycles. The second-order valence-corrected chi connectivity index (χ2v) is 7.22. The van der Waals surface area contributed by atoms with Crippen LogP contribution in [0.2, 0.25) is 0 Å². The van der Waals surface area contributed by atoms with Gasteiger partial charge in [0.2, 0.25) is 0 Å². The van der Waals surface area contributed by atoms with E-state index in [1.54, 1.807) is 0 Å². The Hall–Kier alpha value is -0.700. The van der Waals surface area contributed by atoms with Gasteiger partial charge >= 0.3 is 5.97 Å². The second-order valence-electron chi connectivity index (χ2n) is 5.47. The third kappa shape index (κ3) is 5.74. The van der Waals surface area contributed by atoms with Crippen LogP contribution < -0.4 is 4.72 Å². The summed E-state index contributed by atoms with van der Waals surface area (Å²) in [6.07, 6.45) is 0.252. The number of aliphatic carboxylic acids is 1. The molecule has 3 atom stereocenters. The van der Waals surface area contributed by atoms with E-state index in [2.05, 4.69) is 4.72 Å². The third-order valence-electron chi connectivity index (χ3n) is 3.19. The maximum absolute atomic E-state index is 12.2. The number of hydrogen-bond donors (Lipinski definition) is 2. The van der Waals surface area contributed by atoms with Crippen molar-refractivity contribution in [1.82, 2.24) is 9.03 Å². The maximum Gasteiger partial charge on any atom is 0.303 e. The molecule has 0 aliphatic carbocycles. The molecule has 1 fully saturated rings. The van der Waals surface area contributed by atoms with Gasteiger partial charge in [0.25, 0.3) is 10.2 Å². The zero-order chi connectivity index (χ0) is 15.3. The standard InChI is InChI=1S/C12H24N2O5S/c1-9(4-5-12(15)16)6-13-20(17,18)14-7-10(2)19-11(3)8-14/h9-11,13H,4-8H2,1-3H3,(H,15,16). The maximum atomic E-state index is 12.2. The van der Waals surface area contributed by atoms with Crippen LogP contribution in [0.25, 0.3) is 0 Å². The molecule has 0 aromatic heterocycles. The van der Waals surface area contributed by atoms with E-state index >= 15 is 0 Å². The molecule has 0 aromatic rings. The molecular formula is C12H24N2O5S. The van der Waals surface area contributed by atoms with Crippen molar-refractivity contribution in [3.63, 3.8) is 0 Å². The van der Waals surface area contributed by atoms with E-state index in [4.69, 9.17) is 9.84 Å². The summed E-state index contributed by atoms with van der Waals surface area (Å²) in [6.45, 7) is 6.43. The Morgan fingerprint density at radius 3 is 2.45 bits per heavy atom. The molecule has 1 aliphatic heterocycles. The molecule has 3 unspecified atom stereocenters. The lowest BCUT2D eigenvalue weighted by atomic mass is 10.1. The van der Waals surface area contributed by atoms with Gasteiger partial charge in [-0.15, -0.1) is 0 Å². The normalized spacial score (nSPS) is 26.4. The lowest BCUT2D eigenvalue weighted by Gasteiger charge is -2.34. The molecule has 0 bridgehead atoms. The van der Waals surface area contributed by atoms with Crippen molar-refractivity contribution in [2.45, 2.75) is 45.8 Å². The Balaban J connectivity index is 2.46. The molecule has 0 saturated carbocycles. The van der Waals surface area contributed by atoms with E-state index in [1.807, 2.05) is 20.8 Å². The van der Waals surface area contributed by atoms with Gasteiger partial charge in [0.05, 0.1) is 12.2 Å². The van der Waals surface area contributed by atoms with Crippen molar-refractivity contribution in [3.05, 3.63) is 0 Å². The summed E-state index contributed by atoms with van der Waals surface area (Å²) in [5.74, 6) is -0.882. The minimum atomic E-state index is -3.53. The largest absolute Gasteiger partial charge is 0.481 e. The first-order chi connectivity index (χ1) is 9.20. The van der Waals surface area contributed by atoms with Crippen LogP contribution in [-0.2, 0) is 19.7 Å². The van der Waals surface area contributed by atoms with Crippen LogP contribution >= 0.6 is 0 Å². The van der Waals surface area contributed by atoms with Crippen molar-refractivity contribution in [3.8, 4) is 0 Å². The Morgan fingerprint density at radius 1 is 1.40 bits per heavy atom. The molecule has 1 saturated heterocycles. The Labute approximate surface area is 120 Å². The summed E-state index contributed by atoms with van der Waals surface area (Å²) in [7, 11) is -3.53. The fraction of sp³-hybridized carbons (Fsp3) is 0.917. The van der Waals surface area contributed by atoms with Gasteiger partial charge in [0, 0.05) is 26.1 Å².